The lowest BCUT2D eigenvalue weighted by molar-refractivity contribution is -0.159. The third kappa shape index (κ3) is 7.73. The largest absolute Gasteiger partial charge is 0.493 e. The molecule has 0 radical (unpaired) electrons. The number of benzene rings is 1. The summed E-state index contributed by atoms with van der Waals surface area (Å²) in [6, 6.07) is 4.11. The van der Waals surface area contributed by atoms with Crippen LogP contribution in [0.5, 0.6) is 17.2 Å². The van der Waals surface area contributed by atoms with Gasteiger partial charge in [-0.3, -0.25) is 0 Å². The summed E-state index contributed by atoms with van der Waals surface area (Å²) in [6.07, 6.45) is 0. The molecular formula is C16H25NO8. The van der Waals surface area contributed by atoms with E-state index in [-0.39, 0.29) is 6.04 Å². The van der Waals surface area contributed by atoms with E-state index in [9.17, 15) is 0 Å². The molecule has 1 aromatic rings. The van der Waals surface area contributed by atoms with Crippen molar-refractivity contribution in [3.8, 4) is 17.2 Å². The average Bonchev–Trinajstić information content (AvgIpc) is 2.59. The van der Waals surface area contributed by atoms with Gasteiger partial charge in [-0.05, 0) is 13.0 Å². The molecule has 1 rings (SSSR count). The van der Waals surface area contributed by atoms with E-state index < -0.39 is 11.9 Å². The van der Waals surface area contributed by atoms with Crippen LogP contribution in [-0.2, 0) is 20.9 Å². The van der Waals surface area contributed by atoms with E-state index in [4.69, 9.17) is 38.7 Å². The predicted octanol–water partition coefficient (Wildman–Crippen LogP) is 0.993. The van der Waals surface area contributed by atoms with Gasteiger partial charge >= 0.3 is 11.9 Å². The van der Waals surface area contributed by atoms with Crippen LogP contribution in [-0.4, -0.2) is 63.2 Å². The molecule has 0 aliphatic rings. The van der Waals surface area contributed by atoms with Gasteiger partial charge in [0.15, 0.2) is 11.5 Å². The summed E-state index contributed by atoms with van der Waals surface area (Å²) in [5.74, 6) is -1.68. The number of ether oxygens (including phenoxy) is 4. The van der Waals surface area contributed by atoms with E-state index in [0.29, 0.717) is 30.4 Å². The molecule has 1 atom stereocenters. The average molecular weight is 359 g/mol. The van der Waals surface area contributed by atoms with Crippen LogP contribution in [0.25, 0.3) is 0 Å². The molecule has 142 valence electrons. The zero-order valence-electron chi connectivity index (χ0n) is 15.0. The van der Waals surface area contributed by atoms with Gasteiger partial charge in [-0.2, -0.15) is 0 Å². The van der Waals surface area contributed by atoms with Crippen LogP contribution >= 0.6 is 0 Å². The molecule has 0 aliphatic heterocycles. The highest BCUT2D eigenvalue weighted by Crippen LogP contribution is 2.39. The van der Waals surface area contributed by atoms with Gasteiger partial charge in [0.1, 0.15) is 0 Å². The Morgan fingerprint density at radius 3 is 1.96 bits per heavy atom. The summed E-state index contributed by atoms with van der Waals surface area (Å²) < 4.78 is 21.1. The third-order valence-corrected chi connectivity index (χ3v) is 3.03. The zero-order chi connectivity index (χ0) is 19.4. The summed E-state index contributed by atoms with van der Waals surface area (Å²) in [7, 11) is 6.52. The van der Waals surface area contributed by atoms with Gasteiger partial charge in [0.05, 0.1) is 27.9 Å². The van der Waals surface area contributed by atoms with Crippen molar-refractivity contribution in [3.63, 3.8) is 0 Å². The maximum atomic E-state index is 9.10. The number of nitrogens with one attached hydrogen (secondary N) is 1. The summed E-state index contributed by atoms with van der Waals surface area (Å²) >= 11 is 0. The second-order valence-electron chi connectivity index (χ2n) is 4.84. The van der Waals surface area contributed by atoms with Crippen LogP contribution in [0, 0.1) is 0 Å². The minimum Gasteiger partial charge on any atom is -0.493 e. The molecule has 1 unspecified atom stereocenters. The lowest BCUT2D eigenvalue weighted by atomic mass is 10.1. The molecule has 0 aliphatic carbocycles. The van der Waals surface area contributed by atoms with Gasteiger partial charge < -0.3 is 34.5 Å². The van der Waals surface area contributed by atoms with Gasteiger partial charge in [0.25, 0.3) is 0 Å². The SMILES string of the molecule is COCC(C)NCc1ccc(OC)c(OC)c1OC.O=C(O)C(=O)O. The van der Waals surface area contributed by atoms with E-state index in [1.807, 2.05) is 12.1 Å². The van der Waals surface area contributed by atoms with Crippen molar-refractivity contribution < 1.29 is 38.7 Å². The fourth-order valence-corrected chi connectivity index (χ4v) is 1.90. The molecular weight excluding hydrogens is 334 g/mol. The molecule has 1 aromatic carbocycles. The third-order valence-electron chi connectivity index (χ3n) is 3.03. The number of carbonyl (C=O) groups is 2. The molecule has 0 saturated heterocycles. The summed E-state index contributed by atoms with van der Waals surface area (Å²) in [5.41, 5.74) is 1.02. The van der Waals surface area contributed by atoms with Crippen LogP contribution in [0.1, 0.15) is 12.5 Å². The second kappa shape index (κ2) is 11.9. The monoisotopic (exact) mass is 359 g/mol. The molecule has 0 amide bonds. The number of hydrogen-bond donors (Lipinski definition) is 3. The van der Waals surface area contributed by atoms with Crippen LogP contribution in [0.15, 0.2) is 12.1 Å². The fourth-order valence-electron chi connectivity index (χ4n) is 1.90. The van der Waals surface area contributed by atoms with Crippen molar-refractivity contribution in [2.24, 2.45) is 0 Å². The molecule has 0 fully saturated rings. The minimum atomic E-state index is -1.82. The normalized spacial score (nSPS) is 10.9. The molecule has 9 nitrogen and oxygen atoms in total. The highest BCUT2D eigenvalue weighted by atomic mass is 16.5. The van der Waals surface area contributed by atoms with Crippen molar-refractivity contribution >= 4 is 11.9 Å². The van der Waals surface area contributed by atoms with E-state index in [1.54, 1.807) is 28.4 Å². The Labute approximate surface area is 146 Å². The lowest BCUT2D eigenvalue weighted by Crippen LogP contribution is -2.29. The van der Waals surface area contributed by atoms with E-state index >= 15 is 0 Å². The standard InChI is InChI=1S/C14H23NO4.C2H2O4/c1-10(9-16-2)15-8-11-6-7-12(17-3)14(19-5)13(11)18-4;3-1(4)2(5)6/h6-7,10,15H,8-9H2,1-5H3;(H,3,4)(H,5,6). The second-order valence-corrected chi connectivity index (χ2v) is 4.84. The number of rotatable bonds is 8. The van der Waals surface area contributed by atoms with Gasteiger partial charge in [0.2, 0.25) is 5.75 Å². The van der Waals surface area contributed by atoms with E-state index in [1.165, 1.54) is 0 Å². The van der Waals surface area contributed by atoms with Crippen molar-refractivity contribution in [1.82, 2.24) is 5.32 Å². The van der Waals surface area contributed by atoms with Crippen molar-refractivity contribution in [3.05, 3.63) is 17.7 Å². The van der Waals surface area contributed by atoms with E-state index in [2.05, 4.69) is 12.2 Å². The van der Waals surface area contributed by atoms with Crippen molar-refractivity contribution in [2.75, 3.05) is 35.0 Å². The van der Waals surface area contributed by atoms with Gasteiger partial charge in [-0.15, -0.1) is 0 Å². The Balaban J connectivity index is 0.000000823. The van der Waals surface area contributed by atoms with Crippen molar-refractivity contribution in [2.45, 2.75) is 19.5 Å². The Bertz CT molecular complexity index is 549. The van der Waals surface area contributed by atoms with Crippen LogP contribution in [0.2, 0.25) is 0 Å². The summed E-state index contributed by atoms with van der Waals surface area (Å²) in [6.45, 7) is 3.40. The minimum absolute atomic E-state index is 0.266. The van der Waals surface area contributed by atoms with Gasteiger partial charge in [0, 0.05) is 25.3 Å². The number of carboxylic acid groups (broad SMARTS) is 2. The first-order chi connectivity index (χ1) is 11.8. The van der Waals surface area contributed by atoms with Crippen molar-refractivity contribution in [1.29, 1.82) is 0 Å². The Hall–Kier alpha value is -2.52. The fraction of sp³-hybridized carbons (Fsp3) is 0.500. The molecule has 9 heteroatoms. The van der Waals surface area contributed by atoms with E-state index in [0.717, 1.165) is 5.56 Å². The highest BCUT2D eigenvalue weighted by Gasteiger charge is 2.15. The Kier molecular flexibility index (Phi) is 10.7. The zero-order valence-corrected chi connectivity index (χ0v) is 15.0. The van der Waals surface area contributed by atoms with Crippen LogP contribution in [0.4, 0.5) is 0 Å². The molecule has 0 spiro atoms. The summed E-state index contributed by atoms with van der Waals surface area (Å²) in [5, 5.41) is 18.1. The number of hydrogen-bond acceptors (Lipinski definition) is 7. The lowest BCUT2D eigenvalue weighted by Gasteiger charge is -2.18. The number of methoxy groups -OCH3 is 4. The maximum Gasteiger partial charge on any atom is 0.414 e. The molecule has 0 heterocycles. The first kappa shape index (κ1) is 22.5. The Morgan fingerprint density at radius 2 is 1.56 bits per heavy atom. The topological polar surface area (TPSA) is 124 Å². The predicted molar refractivity (Wildman–Crippen MR) is 89.5 cm³/mol. The number of carboxylic acids is 2. The molecule has 0 bridgehead atoms. The quantitative estimate of drug-likeness (QED) is 0.583. The first-order valence-corrected chi connectivity index (χ1v) is 7.28. The molecule has 0 saturated carbocycles. The molecule has 25 heavy (non-hydrogen) atoms. The summed E-state index contributed by atoms with van der Waals surface area (Å²) in [4.78, 5) is 18.2. The smallest absolute Gasteiger partial charge is 0.414 e. The molecule has 3 N–H and O–H groups in total. The molecule has 0 aromatic heterocycles. The van der Waals surface area contributed by atoms with Crippen LogP contribution in [0.3, 0.4) is 0 Å². The van der Waals surface area contributed by atoms with Gasteiger partial charge in [-0.25, -0.2) is 9.59 Å². The maximum absolute atomic E-state index is 9.10. The highest BCUT2D eigenvalue weighted by molar-refractivity contribution is 6.27. The first-order valence-electron chi connectivity index (χ1n) is 7.28. The van der Waals surface area contributed by atoms with Gasteiger partial charge in [-0.1, -0.05) is 6.07 Å². The Morgan fingerprint density at radius 1 is 1.00 bits per heavy atom. The number of aliphatic carboxylic acids is 2. The van der Waals surface area contributed by atoms with Crippen LogP contribution < -0.4 is 19.5 Å².